The Bertz CT molecular complexity index is 854. The lowest BCUT2D eigenvalue weighted by Gasteiger charge is -2.26. The first-order valence-corrected chi connectivity index (χ1v) is 9.93. The number of hydrogen-bond donors (Lipinski definition) is 0. The summed E-state index contributed by atoms with van der Waals surface area (Å²) in [5.74, 6) is -0.298. The SMILES string of the molecule is Cc1ccc(Cl)cc1N(CC(=O)N(C)Cc1ccccc1)S(C)(=O)=O. The number of nitrogens with zero attached hydrogens (tertiary/aromatic N) is 2. The smallest absolute Gasteiger partial charge is 0.243 e. The van der Waals surface area contributed by atoms with Crippen molar-refractivity contribution in [2.75, 3.05) is 24.2 Å². The van der Waals surface area contributed by atoms with E-state index in [-0.39, 0.29) is 12.5 Å². The minimum Gasteiger partial charge on any atom is -0.340 e. The topological polar surface area (TPSA) is 57.7 Å². The standard InChI is InChI=1S/C18H21ClN2O3S/c1-14-9-10-16(19)11-17(14)21(25(3,23)24)13-18(22)20(2)12-15-7-5-4-6-8-15/h4-11H,12-13H2,1-3H3. The first-order valence-electron chi connectivity index (χ1n) is 7.70. The van der Waals surface area contributed by atoms with Gasteiger partial charge in [0.2, 0.25) is 15.9 Å². The molecular formula is C18H21ClN2O3S. The maximum atomic E-state index is 12.6. The second kappa shape index (κ2) is 7.89. The summed E-state index contributed by atoms with van der Waals surface area (Å²) < 4.78 is 25.5. The van der Waals surface area contributed by atoms with Crippen LogP contribution in [0.25, 0.3) is 0 Å². The zero-order valence-corrected chi connectivity index (χ0v) is 16.0. The van der Waals surface area contributed by atoms with Gasteiger partial charge in [-0.3, -0.25) is 9.10 Å². The van der Waals surface area contributed by atoms with Gasteiger partial charge in [0.1, 0.15) is 6.54 Å². The van der Waals surface area contributed by atoms with Gasteiger partial charge in [-0.15, -0.1) is 0 Å². The van der Waals surface area contributed by atoms with Crippen LogP contribution in [-0.2, 0) is 21.4 Å². The summed E-state index contributed by atoms with van der Waals surface area (Å²) >= 11 is 6.00. The van der Waals surface area contributed by atoms with Gasteiger partial charge >= 0.3 is 0 Å². The molecule has 2 rings (SSSR count). The van der Waals surface area contributed by atoms with Crippen LogP contribution in [0, 0.1) is 6.92 Å². The van der Waals surface area contributed by atoms with Crippen molar-refractivity contribution in [2.24, 2.45) is 0 Å². The molecule has 2 aromatic carbocycles. The highest BCUT2D eigenvalue weighted by molar-refractivity contribution is 7.92. The van der Waals surface area contributed by atoms with Gasteiger partial charge in [0.05, 0.1) is 11.9 Å². The molecule has 134 valence electrons. The molecule has 0 unspecified atom stereocenters. The van der Waals surface area contributed by atoms with Crippen molar-refractivity contribution in [3.8, 4) is 0 Å². The number of aryl methyl sites for hydroxylation is 1. The van der Waals surface area contributed by atoms with E-state index in [1.807, 2.05) is 30.3 Å². The Labute approximate surface area is 153 Å². The molecule has 0 aliphatic heterocycles. The molecule has 0 fully saturated rings. The Kier molecular flexibility index (Phi) is 6.08. The highest BCUT2D eigenvalue weighted by Gasteiger charge is 2.24. The van der Waals surface area contributed by atoms with E-state index in [1.54, 1.807) is 32.2 Å². The summed E-state index contributed by atoms with van der Waals surface area (Å²) in [6, 6.07) is 14.5. The Balaban J connectivity index is 2.23. The van der Waals surface area contributed by atoms with E-state index in [9.17, 15) is 13.2 Å². The van der Waals surface area contributed by atoms with Gasteiger partial charge in [0.15, 0.2) is 0 Å². The Morgan fingerprint density at radius 2 is 1.76 bits per heavy atom. The lowest BCUT2D eigenvalue weighted by Crippen LogP contribution is -2.41. The van der Waals surface area contributed by atoms with Gasteiger partial charge in [-0.25, -0.2) is 8.42 Å². The summed E-state index contributed by atoms with van der Waals surface area (Å²) in [7, 11) is -1.98. The van der Waals surface area contributed by atoms with Crippen LogP contribution in [0.4, 0.5) is 5.69 Å². The number of carbonyl (C=O) groups excluding carboxylic acids is 1. The van der Waals surface area contributed by atoms with Gasteiger partial charge in [-0.1, -0.05) is 48.0 Å². The summed E-state index contributed by atoms with van der Waals surface area (Å²) in [4.78, 5) is 14.1. The number of anilines is 1. The average Bonchev–Trinajstić information content (AvgIpc) is 2.54. The fourth-order valence-electron chi connectivity index (χ4n) is 2.42. The zero-order valence-electron chi connectivity index (χ0n) is 14.4. The predicted molar refractivity (Wildman–Crippen MR) is 101 cm³/mol. The number of likely N-dealkylation sites (N-methyl/N-ethyl adjacent to an activating group) is 1. The molecule has 0 aliphatic rings. The minimum atomic E-state index is -3.63. The predicted octanol–water partition coefficient (Wildman–Crippen LogP) is 3.07. The summed E-state index contributed by atoms with van der Waals surface area (Å²) in [5.41, 5.74) is 2.12. The maximum Gasteiger partial charge on any atom is 0.243 e. The third kappa shape index (κ3) is 5.21. The highest BCUT2D eigenvalue weighted by Crippen LogP contribution is 2.26. The molecule has 2 aromatic rings. The van der Waals surface area contributed by atoms with E-state index in [2.05, 4.69) is 0 Å². The van der Waals surface area contributed by atoms with Crippen LogP contribution in [0.5, 0.6) is 0 Å². The molecule has 5 nitrogen and oxygen atoms in total. The lowest BCUT2D eigenvalue weighted by molar-refractivity contribution is -0.128. The molecule has 0 spiro atoms. The number of halogens is 1. The van der Waals surface area contributed by atoms with Crippen molar-refractivity contribution in [1.82, 2.24) is 4.90 Å². The number of amides is 1. The third-order valence-electron chi connectivity index (χ3n) is 3.81. The molecule has 0 bridgehead atoms. The number of sulfonamides is 1. The molecule has 7 heteroatoms. The summed E-state index contributed by atoms with van der Waals surface area (Å²) in [6.45, 7) is 1.91. The van der Waals surface area contributed by atoms with Crippen molar-refractivity contribution in [3.63, 3.8) is 0 Å². The lowest BCUT2D eigenvalue weighted by atomic mass is 10.2. The minimum absolute atomic E-state index is 0.274. The van der Waals surface area contributed by atoms with Crippen molar-refractivity contribution in [3.05, 3.63) is 64.7 Å². The number of rotatable bonds is 6. The van der Waals surface area contributed by atoms with Crippen LogP contribution < -0.4 is 4.31 Å². The summed E-state index contributed by atoms with van der Waals surface area (Å²) in [6.07, 6.45) is 1.08. The molecule has 0 heterocycles. The monoisotopic (exact) mass is 380 g/mol. The molecule has 25 heavy (non-hydrogen) atoms. The van der Waals surface area contributed by atoms with Crippen molar-refractivity contribution >= 4 is 33.2 Å². The number of carbonyl (C=O) groups is 1. The second-order valence-corrected chi connectivity index (χ2v) is 8.28. The van der Waals surface area contributed by atoms with Crippen LogP contribution in [0.15, 0.2) is 48.5 Å². The fraction of sp³-hybridized carbons (Fsp3) is 0.278. The first-order chi connectivity index (χ1) is 11.7. The normalized spacial score (nSPS) is 11.2. The molecule has 0 saturated heterocycles. The molecule has 0 radical (unpaired) electrons. The van der Waals surface area contributed by atoms with E-state index in [1.165, 1.54) is 4.90 Å². The second-order valence-electron chi connectivity index (χ2n) is 5.94. The summed E-state index contributed by atoms with van der Waals surface area (Å²) in [5, 5.41) is 0.416. The molecular weight excluding hydrogens is 360 g/mol. The molecule has 0 atom stereocenters. The number of hydrogen-bond acceptors (Lipinski definition) is 3. The van der Waals surface area contributed by atoms with Gasteiger partial charge in [-0.2, -0.15) is 0 Å². The van der Waals surface area contributed by atoms with E-state index in [0.29, 0.717) is 17.3 Å². The van der Waals surface area contributed by atoms with E-state index in [4.69, 9.17) is 11.6 Å². The van der Waals surface area contributed by atoms with Crippen LogP contribution in [0.3, 0.4) is 0 Å². The largest absolute Gasteiger partial charge is 0.340 e. The fourth-order valence-corrected chi connectivity index (χ4v) is 3.49. The Morgan fingerprint density at radius 3 is 2.36 bits per heavy atom. The van der Waals surface area contributed by atoms with E-state index in [0.717, 1.165) is 21.7 Å². The van der Waals surface area contributed by atoms with Gasteiger partial charge in [-0.05, 0) is 30.2 Å². The highest BCUT2D eigenvalue weighted by atomic mass is 35.5. The van der Waals surface area contributed by atoms with Crippen LogP contribution in [-0.4, -0.2) is 39.1 Å². The Hall–Kier alpha value is -2.05. The average molecular weight is 381 g/mol. The van der Waals surface area contributed by atoms with Crippen molar-refractivity contribution < 1.29 is 13.2 Å². The van der Waals surface area contributed by atoms with E-state index < -0.39 is 10.0 Å². The maximum absolute atomic E-state index is 12.6. The molecule has 0 aromatic heterocycles. The quantitative estimate of drug-likeness (QED) is 0.773. The molecule has 0 aliphatic carbocycles. The van der Waals surface area contributed by atoms with Gasteiger partial charge < -0.3 is 4.90 Å². The van der Waals surface area contributed by atoms with Gasteiger partial charge in [0, 0.05) is 18.6 Å². The van der Waals surface area contributed by atoms with Crippen molar-refractivity contribution in [2.45, 2.75) is 13.5 Å². The molecule has 0 N–H and O–H groups in total. The van der Waals surface area contributed by atoms with Gasteiger partial charge in [0.25, 0.3) is 0 Å². The number of benzene rings is 2. The Morgan fingerprint density at radius 1 is 1.12 bits per heavy atom. The zero-order chi connectivity index (χ0) is 18.6. The molecule has 1 amide bonds. The van der Waals surface area contributed by atoms with Crippen LogP contribution in [0.1, 0.15) is 11.1 Å². The third-order valence-corrected chi connectivity index (χ3v) is 5.17. The van der Waals surface area contributed by atoms with Crippen LogP contribution in [0.2, 0.25) is 5.02 Å². The van der Waals surface area contributed by atoms with Crippen molar-refractivity contribution in [1.29, 1.82) is 0 Å². The van der Waals surface area contributed by atoms with E-state index >= 15 is 0 Å². The molecule has 0 saturated carbocycles. The van der Waals surface area contributed by atoms with Crippen LogP contribution >= 0.6 is 11.6 Å². The first kappa shape index (κ1) is 19.3.